The van der Waals surface area contributed by atoms with E-state index >= 15 is 0 Å². The molecule has 0 aliphatic heterocycles. The van der Waals surface area contributed by atoms with Crippen LogP contribution in [-0.4, -0.2) is 16.6 Å². The molecular formula is C19H17N3O3. The molecule has 0 unspecified atom stereocenters. The standard InChI is InChI=1S/C19H17N3O3/c1-14(17-9-5-6-12-20-17)21-22-19(23)18-11-10-16(25-18)13-24-15-7-3-2-4-8-15/h2-12H,13H2,1H3,(H,22,23)/b21-14-. The van der Waals surface area contributed by atoms with Gasteiger partial charge < -0.3 is 9.15 Å². The maximum absolute atomic E-state index is 12.1. The zero-order valence-electron chi connectivity index (χ0n) is 13.7. The van der Waals surface area contributed by atoms with E-state index in [2.05, 4.69) is 15.5 Å². The molecule has 3 aromatic rings. The van der Waals surface area contributed by atoms with E-state index in [4.69, 9.17) is 9.15 Å². The van der Waals surface area contributed by atoms with Crippen molar-refractivity contribution < 1.29 is 13.9 Å². The molecule has 0 aliphatic rings. The van der Waals surface area contributed by atoms with Crippen molar-refractivity contribution in [2.45, 2.75) is 13.5 Å². The van der Waals surface area contributed by atoms with E-state index < -0.39 is 5.91 Å². The van der Waals surface area contributed by atoms with Gasteiger partial charge in [0.1, 0.15) is 18.1 Å². The third-order valence-electron chi connectivity index (χ3n) is 3.37. The number of ether oxygens (including phenoxy) is 1. The van der Waals surface area contributed by atoms with E-state index in [1.54, 1.807) is 25.3 Å². The molecule has 2 aromatic heterocycles. The zero-order valence-corrected chi connectivity index (χ0v) is 13.7. The molecule has 6 nitrogen and oxygen atoms in total. The molecule has 0 spiro atoms. The minimum atomic E-state index is -0.429. The fourth-order valence-electron chi connectivity index (χ4n) is 2.07. The second-order valence-electron chi connectivity index (χ2n) is 5.22. The van der Waals surface area contributed by atoms with E-state index in [0.717, 1.165) is 5.75 Å². The lowest BCUT2D eigenvalue weighted by molar-refractivity contribution is 0.0923. The summed E-state index contributed by atoms with van der Waals surface area (Å²) in [6, 6.07) is 18.2. The first kappa shape index (κ1) is 16.4. The van der Waals surface area contributed by atoms with Crippen LogP contribution in [0.2, 0.25) is 0 Å². The Bertz CT molecular complexity index is 858. The number of nitrogens with one attached hydrogen (secondary N) is 1. The first-order chi connectivity index (χ1) is 12.2. The molecule has 0 aliphatic carbocycles. The Labute approximate surface area is 145 Å². The lowest BCUT2D eigenvalue weighted by Crippen LogP contribution is -2.19. The van der Waals surface area contributed by atoms with Gasteiger partial charge in [-0.3, -0.25) is 9.78 Å². The summed E-state index contributed by atoms with van der Waals surface area (Å²) in [7, 11) is 0. The third kappa shape index (κ3) is 4.54. The summed E-state index contributed by atoms with van der Waals surface area (Å²) in [4.78, 5) is 16.3. The largest absolute Gasteiger partial charge is 0.486 e. The SMILES string of the molecule is C/C(=N/NC(=O)c1ccc(COc2ccccc2)o1)c1ccccn1. The number of rotatable bonds is 6. The van der Waals surface area contributed by atoms with Gasteiger partial charge in [-0.25, -0.2) is 5.43 Å². The first-order valence-electron chi connectivity index (χ1n) is 7.75. The summed E-state index contributed by atoms with van der Waals surface area (Å²) in [6.45, 7) is 2.01. The van der Waals surface area contributed by atoms with Crippen molar-refractivity contribution in [2.24, 2.45) is 5.10 Å². The molecule has 0 radical (unpaired) electrons. The predicted molar refractivity (Wildman–Crippen MR) is 93.4 cm³/mol. The maximum Gasteiger partial charge on any atom is 0.307 e. The highest BCUT2D eigenvalue weighted by Gasteiger charge is 2.11. The van der Waals surface area contributed by atoms with Crippen LogP contribution in [0.5, 0.6) is 5.75 Å². The molecule has 1 aromatic carbocycles. The highest BCUT2D eigenvalue weighted by atomic mass is 16.5. The maximum atomic E-state index is 12.1. The Morgan fingerprint density at radius 3 is 2.68 bits per heavy atom. The average molecular weight is 335 g/mol. The van der Waals surface area contributed by atoms with Crippen molar-refractivity contribution in [1.82, 2.24) is 10.4 Å². The second kappa shape index (κ2) is 7.92. The molecule has 0 saturated carbocycles. The second-order valence-corrected chi connectivity index (χ2v) is 5.22. The van der Waals surface area contributed by atoms with Crippen molar-refractivity contribution in [2.75, 3.05) is 0 Å². The van der Waals surface area contributed by atoms with Crippen molar-refractivity contribution in [1.29, 1.82) is 0 Å². The van der Waals surface area contributed by atoms with E-state index in [1.165, 1.54) is 0 Å². The number of aromatic nitrogens is 1. The Morgan fingerprint density at radius 2 is 1.92 bits per heavy atom. The van der Waals surface area contributed by atoms with Gasteiger partial charge >= 0.3 is 5.91 Å². The lowest BCUT2D eigenvalue weighted by atomic mass is 10.3. The summed E-state index contributed by atoms with van der Waals surface area (Å²) >= 11 is 0. The van der Waals surface area contributed by atoms with E-state index in [9.17, 15) is 4.79 Å². The minimum Gasteiger partial charge on any atom is -0.486 e. The topological polar surface area (TPSA) is 76.7 Å². The summed E-state index contributed by atoms with van der Waals surface area (Å²) in [6.07, 6.45) is 1.67. The van der Waals surface area contributed by atoms with Gasteiger partial charge in [0.2, 0.25) is 0 Å². The fourth-order valence-corrected chi connectivity index (χ4v) is 2.07. The van der Waals surface area contributed by atoms with Crippen molar-refractivity contribution >= 4 is 11.6 Å². The molecule has 0 atom stereocenters. The number of para-hydroxylation sites is 1. The lowest BCUT2D eigenvalue weighted by Gasteiger charge is -2.03. The first-order valence-corrected chi connectivity index (χ1v) is 7.75. The normalized spacial score (nSPS) is 11.2. The highest BCUT2D eigenvalue weighted by molar-refractivity contribution is 5.98. The predicted octanol–water partition coefficient (Wildman–Crippen LogP) is 3.41. The number of hydrazone groups is 1. The van der Waals surface area contributed by atoms with Gasteiger partial charge in [0.05, 0.1) is 11.4 Å². The third-order valence-corrected chi connectivity index (χ3v) is 3.37. The van der Waals surface area contributed by atoms with Crippen molar-refractivity contribution in [3.8, 4) is 5.75 Å². The van der Waals surface area contributed by atoms with Crippen molar-refractivity contribution in [3.63, 3.8) is 0 Å². The Balaban J connectivity index is 1.57. The quantitative estimate of drug-likeness (QED) is 0.553. The molecular weight excluding hydrogens is 318 g/mol. The van der Waals surface area contributed by atoms with Gasteiger partial charge in [0.15, 0.2) is 5.76 Å². The minimum absolute atomic E-state index is 0.171. The molecule has 2 heterocycles. The Hall–Kier alpha value is -3.41. The monoisotopic (exact) mass is 335 g/mol. The number of amides is 1. The molecule has 0 bridgehead atoms. The van der Waals surface area contributed by atoms with Crippen LogP contribution in [0, 0.1) is 0 Å². The molecule has 1 N–H and O–H groups in total. The van der Waals surface area contributed by atoms with Crippen LogP contribution >= 0.6 is 0 Å². The number of pyridine rings is 1. The van der Waals surface area contributed by atoms with Crippen molar-refractivity contribution in [3.05, 3.63) is 84.1 Å². The van der Waals surface area contributed by atoms with Crippen LogP contribution in [0.4, 0.5) is 0 Å². The van der Waals surface area contributed by atoms with Gasteiger partial charge in [-0.2, -0.15) is 5.10 Å². The summed E-state index contributed by atoms with van der Waals surface area (Å²) in [5, 5.41) is 4.04. The molecule has 25 heavy (non-hydrogen) atoms. The Kier molecular flexibility index (Phi) is 5.21. The van der Waals surface area contributed by atoms with E-state index in [0.29, 0.717) is 17.2 Å². The van der Waals surface area contributed by atoms with Crippen LogP contribution in [0.1, 0.15) is 28.9 Å². The van der Waals surface area contributed by atoms with Gasteiger partial charge in [0, 0.05) is 6.20 Å². The van der Waals surface area contributed by atoms with Gasteiger partial charge in [-0.15, -0.1) is 0 Å². The Morgan fingerprint density at radius 1 is 1.12 bits per heavy atom. The molecule has 3 rings (SSSR count). The number of carbonyl (C=O) groups is 1. The summed E-state index contributed by atoms with van der Waals surface area (Å²) in [5.41, 5.74) is 3.76. The smallest absolute Gasteiger partial charge is 0.307 e. The number of nitrogens with zero attached hydrogens (tertiary/aromatic N) is 2. The molecule has 126 valence electrons. The summed E-state index contributed by atoms with van der Waals surface area (Å²) < 4.78 is 11.1. The number of hydrogen-bond acceptors (Lipinski definition) is 5. The number of carbonyl (C=O) groups excluding carboxylic acids is 1. The van der Waals surface area contributed by atoms with Crippen LogP contribution in [0.25, 0.3) is 0 Å². The van der Waals surface area contributed by atoms with Gasteiger partial charge in [-0.1, -0.05) is 24.3 Å². The van der Waals surface area contributed by atoms with Crippen LogP contribution < -0.4 is 10.2 Å². The molecule has 1 amide bonds. The molecule has 6 heteroatoms. The number of benzene rings is 1. The zero-order chi connectivity index (χ0) is 17.5. The highest BCUT2D eigenvalue weighted by Crippen LogP contribution is 2.14. The van der Waals surface area contributed by atoms with Gasteiger partial charge in [-0.05, 0) is 43.3 Å². The van der Waals surface area contributed by atoms with Gasteiger partial charge in [0.25, 0.3) is 0 Å². The number of hydrogen-bond donors (Lipinski definition) is 1. The van der Waals surface area contributed by atoms with Crippen LogP contribution in [0.15, 0.2) is 76.4 Å². The average Bonchev–Trinajstić information content (AvgIpc) is 3.15. The van der Waals surface area contributed by atoms with E-state index in [-0.39, 0.29) is 12.4 Å². The van der Waals surface area contributed by atoms with Crippen LogP contribution in [-0.2, 0) is 6.61 Å². The van der Waals surface area contributed by atoms with E-state index in [1.807, 2.05) is 48.5 Å². The summed E-state index contributed by atoms with van der Waals surface area (Å²) in [5.74, 6) is 1.03. The van der Waals surface area contributed by atoms with Crippen LogP contribution in [0.3, 0.4) is 0 Å². The number of furan rings is 1. The fraction of sp³-hybridized carbons (Fsp3) is 0.105. The molecule has 0 saturated heterocycles. The molecule has 0 fully saturated rings.